The summed E-state index contributed by atoms with van der Waals surface area (Å²) in [6.45, 7) is 7.07. The maximum atomic E-state index is 12.5. The Morgan fingerprint density at radius 3 is 2.80 bits per heavy atom. The average molecular weight is 410 g/mol. The molecule has 8 heteroatoms. The van der Waals surface area contributed by atoms with E-state index in [4.69, 9.17) is 13.7 Å². The van der Waals surface area contributed by atoms with E-state index in [-0.39, 0.29) is 11.6 Å². The van der Waals surface area contributed by atoms with Crippen molar-refractivity contribution < 1.29 is 18.5 Å². The van der Waals surface area contributed by atoms with Gasteiger partial charge in [-0.2, -0.15) is 0 Å². The summed E-state index contributed by atoms with van der Waals surface area (Å²) < 4.78 is 16.7. The van der Waals surface area contributed by atoms with E-state index in [1.54, 1.807) is 6.92 Å². The first-order valence-corrected chi connectivity index (χ1v) is 10.2. The molecule has 30 heavy (non-hydrogen) atoms. The number of oxazole rings is 1. The Hall–Kier alpha value is -3.13. The first-order valence-electron chi connectivity index (χ1n) is 10.2. The minimum absolute atomic E-state index is 0.262. The number of nitrogens with zero attached hydrogens (tertiary/aromatic N) is 2. The number of piperidine rings is 1. The van der Waals surface area contributed by atoms with Crippen LogP contribution in [0.25, 0.3) is 11.1 Å². The number of aromatic nitrogens is 2. The van der Waals surface area contributed by atoms with Gasteiger partial charge >= 0.3 is 0 Å². The number of nitrogens with one attached hydrogen (secondary N) is 2. The van der Waals surface area contributed by atoms with Gasteiger partial charge in [0.1, 0.15) is 23.9 Å². The van der Waals surface area contributed by atoms with Gasteiger partial charge in [0.2, 0.25) is 0 Å². The Labute approximate surface area is 175 Å². The number of amides is 1. The van der Waals surface area contributed by atoms with Crippen molar-refractivity contribution in [2.75, 3.05) is 18.5 Å². The number of carbonyl (C=O) groups excluding carboxylic acids is 1. The van der Waals surface area contributed by atoms with Gasteiger partial charge in [0, 0.05) is 17.3 Å². The number of benzene rings is 1. The van der Waals surface area contributed by atoms with Gasteiger partial charge in [-0.05, 0) is 58.4 Å². The summed E-state index contributed by atoms with van der Waals surface area (Å²) in [5.74, 6) is 1.57. The molecule has 0 saturated carbocycles. The summed E-state index contributed by atoms with van der Waals surface area (Å²) in [4.78, 5) is 16.5. The van der Waals surface area contributed by atoms with Crippen LogP contribution in [0.3, 0.4) is 0 Å². The molecule has 2 N–H and O–H groups in total. The van der Waals surface area contributed by atoms with Crippen LogP contribution in [0, 0.1) is 20.8 Å². The van der Waals surface area contributed by atoms with Crippen molar-refractivity contribution in [1.82, 2.24) is 15.5 Å². The summed E-state index contributed by atoms with van der Waals surface area (Å²) >= 11 is 0. The molecule has 0 spiro atoms. The molecule has 158 valence electrons. The summed E-state index contributed by atoms with van der Waals surface area (Å²) in [5.41, 5.74) is 3.36. The number of ether oxygens (including phenoxy) is 1. The number of hydrogen-bond acceptors (Lipinski definition) is 7. The van der Waals surface area contributed by atoms with Crippen LogP contribution in [0.15, 0.2) is 33.5 Å². The minimum atomic E-state index is -0.328. The Balaban J connectivity index is 1.61. The third-order valence-electron chi connectivity index (χ3n) is 5.35. The van der Waals surface area contributed by atoms with E-state index in [0.29, 0.717) is 29.9 Å². The van der Waals surface area contributed by atoms with Gasteiger partial charge in [-0.15, -0.1) is 0 Å². The fourth-order valence-corrected chi connectivity index (χ4v) is 3.77. The van der Waals surface area contributed by atoms with Gasteiger partial charge in [-0.1, -0.05) is 11.6 Å². The summed E-state index contributed by atoms with van der Waals surface area (Å²) in [6, 6.07) is 5.91. The van der Waals surface area contributed by atoms with Crippen molar-refractivity contribution in [1.29, 1.82) is 0 Å². The Morgan fingerprint density at radius 2 is 2.13 bits per heavy atom. The third-order valence-corrected chi connectivity index (χ3v) is 5.35. The molecule has 0 aliphatic carbocycles. The van der Waals surface area contributed by atoms with Gasteiger partial charge in [-0.3, -0.25) is 4.79 Å². The molecule has 3 heterocycles. The second-order valence-electron chi connectivity index (χ2n) is 7.58. The van der Waals surface area contributed by atoms with Gasteiger partial charge in [-0.25, -0.2) is 4.98 Å². The van der Waals surface area contributed by atoms with Crippen LogP contribution in [0.1, 0.15) is 47.0 Å². The van der Waals surface area contributed by atoms with Crippen LogP contribution >= 0.6 is 0 Å². The highest BCUT2D eigenvalue weighted by molar-refractivity contribution is 6.03. The molecule has 0 radical (unpaired) electrons. The lowest BCUT2D eigenvalue weighted by atomic mass is 10.0. The number of anilines is 1. The number of rotatable bonds is 6. The van der Waals surface area contributed by atoms with Crippen molar-refractivity contribution in [3.63, 3.8) is 0 Å². The van der Waals surface area contributed by atoms with Crippen LogP contribution in [0.5, 0.6) is 5.75 Å². The van der Waals surface area contributed by atoms with Crippen LogP contribution in [-0.4, -0.2) is 35.2 Å². The molecule has 1 fully saturated rings. The predicted molar refractivity (Wildman–Crippen MR) is 112 cm³/mol. The standard InChI is InChI=1S/C22H26N4O4/c1-13-20(14(2)30-26-13)18-10-16(25-22(27)21-15(3)29-12-24-21)7-8-19(18)28-11-17-6-4-5-9-23-17/h7-8,10,12,17,23H,4-6,9,11H2,1-3H3,(H,25,27)/t17-/m1/s1. The third kappa shape index (κ3) is 4.23. The predicted octanol–water partition coefficient (Wildman–Crippen LogP) is 4.03. The first kappa shape index (κ1) is 20.2. The highest BCUT2D eigenvalue weighted by atomic mass is 16.5. The maximum Gasteiger partial charge on any atom is 0.277 e. The highest BCUT2D eigenvalue weighted by Gasteiger charge is 2.20. The molecule has 0 unspecified atom stereocenters. The molecular formula is C22H26N4O4. The molecular weight excluding hydrogens is 384 g/mol. The molecule has 2 aromatic heterocycles. The quantitative estimate of drug-likeness (QED) is 0.632. The zero-order chi connectivity index (χ0) is 21.1. The monoisotopic (exact) mass is 410 g/mol. The zero-order valence-corrected chi connectivity index (χ0v) is 17.4. The van der Waals surface area contributed by atoms with Crippen molar-refractivity contribution in [3.8, 4) is 16.9 Å². The number of aryl methyl sites for hydroxylation is 3. The van der Waals surface area contributed by atoms with Crippen molar-refractivity contribution in [2.45, 2.75) is 46.1 Å². The van der Waals surface area contributed by atoms with E-state index in [2.05, 4.69) is 20.8 Å². The van der Waals surface area contributed by atoms with Crippen molar-refractivity contribution >= 4 is 11.6 Å². The van der Waals surface area contributed by atoms with E-state index in [1.165, 1.54) is 19.2 Å². The Bertz CT molecular complexity index is 1010. The molecule has 1 atom stereocenters. The van der Waals surface area contributed by atoms with Crippen LogP contribution in [-0.2, 0) is 0 Å². The number of hydrogen-bond donors (Lipinski definition) is 2. The van der Waals surface area contributed by atoms with Gasteiger partial charge in [0.15, 0.2) is 12.1 Å². The lowest BCUT2D eigenvalue weighted by Crippen LogP contribution is -2.38. The zero-order valence-electron chi connectivity index (χ0n) is 17.4. The molecule has 0 bridgehead atoms. The van der Waals surface area contributed by atoms with E-state index < -0.39 is 0 Å². The van der Waals surface area contributed by atoms with E-state index in [9.17, 15) is 4.79 Å². The van der Waals surface area contributed by atoms with E-state index in [1.807, 2.05) is 32.0 Å². The molecule has 1 aliphatic rings. The van der Waals surface area contributed by atoms with Crippen LogP contribution < -0.4 is 15.4 Å². The van der Waals surface area contributed by atoms with Gasteiger partial charge < -0.3 is 24.3 Å². The second kappa shape index (κ2) is 8.71. The molecule has 1 saturated heterocycles. The second-order valence-corrected chi connectivity index (χ2v) is 7.58. The number of carbonyl (C=O) groups is 1. The fourth-order valence-electron chi connectivity index (χ4n) is 3.77. The molecule has 4 rings (SSSR count). The SMILES string of the molecule is Cc1noc(C)c1-c1cc(NC(=O)c2ncoc2C)ccc1OC[C@H]1CCCCN1. The topological polar surface area (TPSA) is 102 Å². The van der Waals surface area contributed by atoms with Crippen molar-refractivity contribution in [2.24, 2.45) is 0 Å². The molecule has 3 aromatic rings. The highest BCUT2D eigenvalue weighted by Crippen LogP contribution is 2.37. The smallest absolute Gasteiger partial charge is 0.277 e. The summed E-state index contributed by atoms with van der Waals surface area (Å²) in [7, 11) is 0. The lowest BCUT2D eigenvalue weighted by molar-refractivity contribution is 0.102. The fraction of sp³-hybridized carbons (Fsp3) is 0.409. The molecule has 1 amide bonds. The van der Waals surface area contributed by atoms with Gasteiger partial charge in [0.05, 0.1) is 11.3 Å². The maximum absolute atomic E-state index is 12.5. The normalized spacial score (nSPS) is 16.4. The summed E-state index contributed by atoms with van der Waals surface area (Å²) in [6.07, 6.45) is 4.78. The van der Waals surface area contributed by atoms with Crippen molar-refractivity contribution in [3.05, 3.63) is 47.5 Å². The minimum Gasteiger partial charge on any atom is -0.491 e. The van der Waals surface area contributed by atoms with Gasteiger partial charge in [0.25, 0.3) is 5.91 Å². The van der Waals surface area contributed by atoms with Crippen LogP contribution in [0.2, 0.25) is 0 Å². The Kier molecular flexibility index (Phi) is 5.85. The molecule has 8 nitrogen and oxygen atoms in total. The Morgan fingerprint density at radius 1 is 1.27 bits per heavy atom. The average Bonchev–Trinajstić information content (AvgIpc) is 3.32. The largest absolute Gasteiger partial charge is 0.491 e. The molecule has 1 aliphatic heterocycles. The first-order chi connectivity index (χ1) is 14.5. The summed E-state index contributed by atoms with van der Waals surface area (Å²) in [5, 5.41) is 10.4. The lowest BCUT2D eigenvalue weighted by Gasteiger charge is -2.24. The van der Waals surface area contributed by atoms with E-state index in [0.717, 1.165) is 35.5 Å². The van der Waals surface area contributed by atoms with Crippen LogP contribution in [0.4, 0.5) is 5.69 Å². The molecule has 1 aromatic carbocycles. The van der Waals surface area contributed by atoms with E-state index >= 15 is 0 Å².